The van der Waals surface area contributed by atoms with Crippen molar-refractivity contribution in [2.24, 2.45) is 0 Å². The fraction of sp³-hybridized carbons (Fsp3) is 0. The number of rotatable bonds is 6. The summed E-state index contributed by atoms with van der Waals surface area (Å²) < 4.78 is 19.6. The van der Waals surface area contributed by atoms with Crippen molar-refractivity contribution < 1.29 is 13.3 Å². The van der Waals surface area contributed by atoms with Crippen LogP contribution >= 0.6 is 0 Å². The Bertz CT molecular complexity index is 3020. The predicted molar refractivity (Wildman–Crippen MR) is 221 cm³/mol. The lowest BCUT2D eigenvalue weighted by Crippen LogP contribution is -1.89. The van der Waals surface area contributed by atoms with Gasteiger partial charge in [0.25, 0.3) is 0 Å². The van der Waals surface area contributed by atoms with Crippen LogP contribution < -0.4 is 0 Å². The highest BCUT2D eigenvalue weighted by atomic mass is 16.4. The molecule has 5 nitrogen and oxygen atoms in total. The molecule has 5 heteroatoms. The largest absolute Gasteiger partial charge is 0.455 e. The second kappa shape index (κ2) is 12.6. The van der Waals surface area contributed by atoms with Crippen molar-refractivity contribution in [3.05, 3.63) is 182 Å². The molecule has 11 rings (SSSR count). The number of hydrogen-bond donors (Lipinski definition) is 0. The standard InChI is InChI=1S/C50H30N2O3/c1-3-17-33(39-25-13-27-41-37-21-9-11-29-45(37)53-47(39)41)31(15-1)35-19-5-7-23-43(35)49-51-52-50(55-49)44-24-8-6-20-36(44)32-16-2-4-18-34(32)40-26-14-28-42-38-22-10-12-30-46(38)54-48(40)42/h1-30H. The van der Waals surface area contributed by atoms with E-state index in [1.54, 1.807) is 0 Å². The Morgan fingerprint density at radius 1 is 0.236 bits per heavy atom. The summed E-state index contributed by atoms with van der Waals surface area (Å²) in [5, 5.41) is 13.7. The molecule has 0 saturated carbocycles. The molecule has 258 valence electrons. The summed E-state index contributed by atoms with van der Waals surface area (Å²) in [5.41, 5.74) is 13.4. The fourth-order valence-corrected chi connectivity index (χ4v) is 8.07. The first-order valence-electron chi connectivity index (χ1n) is 18.3. The molecule has 0 atom stereocenters. The van der Waals surface area contributed by atoms with Crippen molar-refractivity contribution in [1.29, 1.82) is 0 Å². The summed E-state index contributed by atoms with van der Waals surface area (Å²) in [6.45, 7) is 0. The zero-order valence-corrected chi connectivity index (χ0v) is 29.4. The summed E-state index contributed by atoms with van der Waals surface area (Å²) in [5.74, 6) is 0.884. The van der Waals surface area contributed by atoms with Gasteiger partial charge in [0.05, 0.1) is 0 Å². The summed E-state index contributed by atoms with van der Waals surface area (Å²) in [7, 11) is 0. The van der Waals surface area contributed by atoms with E-state index < -0.39 is 0 Å². The molecule has 8 aromatic carbocycles. The minimum Gasteiger partial charge on any atom is -0.455 e. The molecule has 0 spiro atoms. The topological polar surface area (TPSA) is 65.2 Å². The van der Waals surface area contributed by atoms with Crippen LogP contribution in [0.4, 0.5) is 0 Å². The van der Waals surface area contributed by atoms with Crippen molar-refractivity contribution in [3.8, 4) is 67.4 Å². The number of aromatic nitrogens is 2. The van der Waals surface area contributed by atoms with Crippen LogP contribution in [0.3, 0.4) is 0 Å². The van der Waals surface area contributed by atoms with E-state index in [4.69, 9.17) is 13.3 Å². The van der Waals surface area contributed by atoms with Gasteiger partial charge in [0, 0.05) is 43.8 Å². The summed E-state index contributed by atoms with van der Waals surface area (Å²) >= 11 is 0. The van der Waals surface area contributed by atoms with E-state index in [0.29, 0.717) is 11.8 Å². The highest BCUT2D eigenvalue weighted by Gasteiger charge is 2.22. The van der Waals surface area contributed by atoms with Gasteiger partial charge >= 0.3 is 0 Å². The van der Waals surface area contributed by atoms with Crippen molar-refractivity contribution in [2.75, 3.05) is 0 Å². The summed E-state index contributed by atoms with van der Waals surface area (Å²) in [6, 6.07) is 62.3. The molecule has 0 aliphatic rings. The van der Waals surface area contributed by atoms with Crippen LogP contribution in [0.5, 0.6) is 0 Å². The molecule has 3 aromatic heterocycles. The summed E-state index contributed by atoms with van der Waals surface area (Å²) in [4.78, 5) is 0. The van der Waals surface area contributed by atoms with Gasteiger partial charge in [-0.1, -0.05) is 158 Å². The third-order valence-corrected chi connectivity index (χ3v) is 10.6. The van der Waals surface area contributed by atoms with E-state index >= 15 is 0 Å². The molecule has 0 aliphatic heterocycles. The van der Waals surface area contributed by atoms with E-state index in [9.17, 15) is 0 Å². The number of para-hydroxylation sites is 4. The maximum Gasteiger partial charge on any atom is 0.248 e. The van der Waals surface area contributed by atoms with E-state index in [0.717, 1.165) is 99.5 Å². The first kappa shape index (κ1) is 31.1. The van der Waals surface area contributed by atoms with Gasteiger partial charge in [0.1, 0.15) is 22.3 Å². The maximum atomic E-state index is 6.63. The zero-order valence-electron chi connectivity index (χ0n) is 29.4. The smallest absolute Gasteiger partial charge is 0.248 e. The average molecular weight is 707 g/mol. The van der Waals surface area contributed by atoms with Crippen LogP contribution in [0.25, 0.3) is 111 Å². The Morgan fingerprint density at radius 2 is 0.527 bits per heavy atom. The van der Waals surface area contributed by atoms with Gasteiger partial charge in [-0.25, -0.2) is 0 Å². The van der Waals surface area contributed by atoms with Crippen molar-refractivity contribution >= 4 is 43.9 Å². The van der Waals surface area contributed by atoms with Gasteiger partial charge in [0.15, 0.2) is 0 Å². The number of nitrogens with zero attached hydrogens (tertiary/aromatic N) is 2. The maximum absolute atomic E-state index is 6.63. The highest BCUT2D eigenvalue weighted by molar-refractivity contribution is 6.12. The predicted octanol–water partition coefficient (Wildman–Crippen LogP) is 13.9. The highest BCUT2D eigenvalue weighted by Crippen LogP contribution is 2.45. The molecule has 0 saturated heterocycles. The SMILES string of the molecule is c1ccc(-c2ccccc2-c2cccc3c2oc2ccccc23)c(-c2nnc(-c3ccccc3-c3ccccc3-c3cccc4c3oc3ccccc34)o2)c1. The number of furan rings is 2. The number of fused-ring (bicyclic) bond motifs is 6. The van der Waals surface area contributed by atoms with Gasteiger partial charge in [-0.3, -0.25) is 0 Å². The first-order valence-corrected chi connectivity index (χ1v) is 18.3. The van der Waals surface area contributed by atoms with Gasteiger partial charge in [-0.05, 0) is 57.6 Å². The lowest BCUT2D eigenvalue weighted by atomic mass is 9.91. The molecule has 0 aliphatic carbocycles. The first-order chi connectivity index (χ1) is 27.3. The number of hydrogen-bond acceptors (Lipinski definition) is 5. The quantitative estimate of drug-likeness (QED) is 0.172. The van der Waals surface area contributed by atoms with Gasteiger partial charge in [-0.2, -0.15) is 0 Å². The molecule has 0 radical (unpaired) electrons. The van der Waals surface area contributed by atoms with Crippen molar-refractivity contribution in [1.82, 2.24) is 10.2 Å². The number of benzene rings is 8. The molecule has 3 heterocycles. The van der Waals surface area contributed by atoms with Gasteiger partial charge < -0.3 is 13.3 Å². The van der Waals surface area contributed by atoms with Crippen LogP contribution in [0.15, 0.2) is 195 Å². The third-order valence-electron chi connectivity index (χ3n) is 10.6. The molecule has 0 N–H and O–H groups in total. The Labute approximate surface area is 315 Å². The molecule has 0 bridgehead atoms. The van der Waals surface area contributed by atoms with Crippen molar-refractivity contribution in [3.63, 3.8) is 0 Å². The Balaban J connectivity index is 1.02. The molecule has 55 heavy (non-hydrogen) atoms. The Kier molecular flexibility index (Phi) is 7.10. The monoisotopic (exact) mass is 706 g/mol. The molecule has 0 fully saturated rings. The van der Waals surface area contributed by atoms with Crippen molar-refractivity contribution in [2.45, 2.75) is 0 Å². The minimum absolute atomic E-state index is 0.442. The second-order valence-electron chi connectivity index (χ2n) is 13.7. The second-order valence-corrected chi connectivity index (χ2v) is 13.7. The minimum atomic E-state index is 0.442. The van der Waals surface area contributed by atoms with Crippen LogP contribution in [-0.4, -0.2) is 10.2 Å². The Morgan fingerprint density at radius 3 is 0.945 bits per heavy atom. The molecular formula is C50H30N2O3. The molecule has 11 aromatic rings. The Hall–Kier alpha value is -7.50. The van der Waals surface area contributed by atoms with E-state index in [2.05, 4.69) is 119 Å². The van der Waals surface area contributed by atoms with Gasteiger partial charge in [0.2, 0.25) is 11.8 Å². The van der Waals surface area contributed by atoms with Crippen LogP contribution in [-0.2, 0) is 0 Å². The lowest BCUT2D eigenvalue weighted by molar-refractivity contribution is 0.585. The van der Waals surface area contributed by atoms with Crippen LogP contribution in [0.1, 0.15) is 0 Å². The molecular weight excluding hydrogens is 677 g/mol. The average Bonchev–Trinajstić information content (AvgIpc) is 4.00. The van der Waals surface area contributed by atoms with E-state index in [1.165, 1.54) is 0 Å². The lowest BCUT2D eigenvalue weighted by Gasteiger charge is -2.13. The molecule has 0 unspecified atom stereocenters. The third kappa shape index (κ3) is 5.02. The summed E-state index contributed by atoms with van der Waals surface area (Å²) in [6.07, 6.45) is 0. The van der Waals surface area contributed by atoms with E-state index in [1.807, 2.05) is 72.8 Å². The van der Waals surface area contributed by atoms with E-state index in [-0.39, 0.29) is 0 Å². The van der Waals surface area contributed by atoms with Gasteiger partial charge in [-0.15, -0.1) is 10.2 Å². The normalized spacial score (nSPS) is 11.6. The fourth-order valence-electron chi connectivity index (χ4n) is 8.07. The van der Waals surface area contributed by atoms with Crippen LogP contribution in [0, 0.1) is 0 Å². The molecule has 0 amide bonds. The van der Waals surface area contributed by atoms with Crippen LogP contribution in [0.2, 0.25) is 0 Å². The zero-order chi connectivity index (χ0) is 36.3.